The summed E-state index contributed by atoms with van der Waals surface area (Å²) in [5.74, 6) is -1.04. The Morgan fingerprint density at radius 3 is 2.69 bits per heavy atom. The number of carboxylic acids is 1. The van der Waals surface area contributed by atoms with Crippen LogP contribution in [-0.2, 0) is 9.53 Å². The summed E-state index contributed by atoms with van der Waals surface area (Å²) >= 11 is 0. The molecule has 0 aromatic rings. The minimum atomic E-state index is -1.04. The Hall–Kier alpha value is -1.30. The molecule has 1 spiro atoms. The van der Waals surface area contributed by atoms with Crippen molar-refractivity contribution in [2.75, 3.05) is 13.1 Å². The highest BCUT2D eigenvalue weighted by Gasteiger charge is 2.47. The van der Waals surface area contributed by atoms with Gasteiger partial charge in [-0.25, -0.2) is 4.79 Å². The lowest BCUT2D eigenvalue weighted by atomic mass is 9.83. The normalized spacial score (nSPS) is 34.2. The van der Waals surface area contributed by atoms with Crippen molar-refractivity contribution in [1.82, 2.24) is 4.90 Å². The van der Waals surface area contributed by atoms with Crippen LogP contribution in [0.4, 0.5) is 4.79 Å². The molecule has 1 saturated heterocycles. The zero-order valence-corrected chi connectivity index (χ0v) is 8.89. The molecular weight excluding hydrogens is 214 g/mol. The number of carbonyl (C=O) groups is 2. The second-order valence-corrected chi connectivity index (χ2v) is 4.53. The summed E-state index contributed by atoms with van der Waals surface area (Å²) in [5, 5.41) is 18.0. The molecule has 16 heavy (non-hydrogen) atoms. The van der Waals surface area contributed by atoms with Crippen LogP contribution in [0.15, 0.2) is 0 Å². The van der Waals surface area contributed by atoms with Crippen molar-refractivity contribution in [2.45, 2.75) is 37.4 Å². The molecule has 0 bridgehead atoms. The summed E-state index contributed by atoms with van der Waals surface area (Å²) in [6, 6.07) is 0. The largest absolute Gasteiger partial charge is 0.480 e. The number of carboxylic acid groups (broad SMARTS) is 1. The van der Waals surface area contributed by atoms with Gasteiger partial charge in [0, 0.05) is 0 Å². The van der Waals surface area contributed by atoms with E-state index in [0.717, 1.165) is 0 Å². The van der Waals surface area contributed by atoms with Crippen molar-refractivity contribution < 1.29 is 24.5 Å². The Bertz CT molecular complexity index is 308. The monoisotopic (exact) mass is 229 g/mol. The van der Waals surface area contributed by atoms with Gasteiger partial charge in [0.2, 0.25) is 0 Å². The molecule has 2 N–H and O–H groups in total. The zero-order chi connectivity index (χ0) is 11.8. The van der Waals surface area contributed by atoms with Gasteiger partial charge in [0.1, 0.15) is 12.1 Å². The first kappa shape index (κ1) is 11.2. The van der Waals surface area contributed by atoms with E-state index in [1.807, 2.05) is 0 Å². The lowest BCUT2D eigenvalue weighted by Crippen LogP contribution is -2.40. The Labute approximate surface area is 92.8 Å². The van der Waals surface area contributed by atoms with E-state index in [1.165, 1.54) is 4.90 Å². The molecule has 0 unspecified atom stereocenters. The number of carbonyl (C=O) groups excluding carboxylic acids is 1. The fraction of sp³-hybridized carbons (Fsp3) is 0.800. The van der Waals surface area contributed by atoms with Gasteiger partial charge < -0.3 is 14.9 Å². The number of hydrogen-bond acceptors (Lipinski definition) is 4. The number of aliphatic carboxylic acids is 1. The topological polar surface area (TPSA) is 87.1 Å². The van der Waals surface area contributed by atoms with Crippen molar-refractivity contribution in [3.8, 4) is 0 Å². The molecule has 0 aromatic carbocycles. The summed E-state index contributed by atoms with van der Waals surface area (Å²) < 4.78 is 5.26. The molecule has 90 valence electrons. The molecule has 1 saturated carbocycles. The highest BCUT2D eigenvalue weighted by Crippen LogP contribution is 2.36. The van der Waals surface area contributed by atoms with Crippen molar-refractivity contribution in [3.05, 3.63) is 0 Å². The molecule has 2 aliphatic rings. The van der Waals surface area contributed by atoms with Crippen molar-refractivity contribution in [2.24, 2.45) is 0 Å². The molecular formula is C10H15NO5. The third-order valence-corrected chi connectivity index (χ3v) is 3.23. The van der Waals surface area contributed by atoms with E-state index >= 15 is 0 Å². The van der Waals surface area contributed by atoms with Gasteiger partial charge in [-0.15, -0.1) is 0 Å². The van der Waals surface area contributed by atoms with Gasteiger partial charge >= 0.3 is 12.1 Å². The lowest BCUT2D eigenvalue weighted by Gasteiger charge is -2.33. The highest BCUT2D eigenvalue weighted by molar-refractivity contribution is 5.78. The minimum Gasteiger partial charge on any atom is -0.480 e. The summed E-state index contributed by atoms with van der Waals surface area (Å²) in [4.78, 5) is 23.2. The Morgan fingerprint density at radius 2 is 2.12 bits per heavy atom. The molecule has 6 heteroatoms. The van der Waals surface area contributed by atoms with E-state index in [-0.39, 0.29) is 12.6 Å². The van der Waals surface area contributed by atoms with E-state index < -0.39 is 17.7 Å². The second-order valence-electron chi connectivity index (χ2n) is 4.53. The maximum atomic E-state index is 11.4. The predicted octanol–water partition coefficient (Wildman–Crippen LogP) is 0.197. The van der Waals surface area contributed by atoms with Crippen molar-refractivity contribution in [1.29, 1.82) is 0 Å². The molecule has 1 aliphatic carbocycles. The summed E-state index contributed by atoms with van der Waals surface area (Å²) in [6.45, 7) is 0.00793. The minimum absolute atomic E-state index is 0.316. The molecule has 1 heterocycles. The van der Waals surface area contributed by atoms with Gasteiger partial charge in [0.15, 0.2) is 0 Å². The maximum absolute atomic E-state index is 11.4. The van der Waals surface area contributed by atoms with Crippen LogP contribution >= 0.6 is 0 Å². The first-order chi connectivity index (χ1) is 7.51. The molecule has 2 rings (SSSR count). The smallest absolute Gasteiger partial charge is 0.411 e. The number of ether oxygens (including phenoxy) is 1. The third-order valence-electron chi connectivity index (χ3n) is 3.23. The molecule has 0 radical (unpaired) electrons. The van der Waals surface area contributed by atoms with Gasteiger partial charge in [-0.3, -0.25) is 9.69 Å². The van der Waals surface area contributed by atoms with Crippen molar-refractivity contribution >= 4 is 12.1 Å². The average molecular weight is 229 g/mol. The van der Waals surface area contributed by atoms with E-state index in [9.17, 15) is 14.7 Å². The van der Waals surface area contributed by atoms with Crippen LogP contribution in [0.25, 0.3) is 0 Å². The van der Waals surface area contributed by atoms with Crippen LogP contribution in [-0.4, -0.2) is 52.0 Å². The molecule has 0 aromatic heterocycles. The van der Waals surface area contributed by atoms with Crippen LogP contribution in [0.2, 0.25) is 0 Å². The third kappa shape index (κ3) is 2.11. The first-order valence-electron chi connectivity index (χ1n) is 5.39. The van der Waals surface area contributed by atoms with Gasteiger partial charge in [-0.1, -0.05) is 0 Å². The number of rotatable bonds is 2. The molecule has 6 nitrogen and oxygen atoms in total. The number of aliphatic hydroxyl groups is 1. The fourth-order valence-corrected chi connectivity index (χ4v) is 2.37. The number of nitrogens with zero attached hydrogens (tertiary/aromatic N) is 1. The predicted molar refractivity (Wildman–Crippen MR) is 52.9 cm³/mol. The fourth-order valence-electron chi connectivity index (χ4n) is 2.37. The van der Waals surface area contributed by atoms with E-state index in [0.29, 0.717) is 32.2 Å². The number of aliphatic hydroxyl groups excluding tert-OH is 1. The van der Waals surface area contributed by atoms with Gasteiger partial charge in [-0.2, -0.15) is 0 Å². The SMILES string of the molecule is O=C(O)CN1CC2(CCC(O)CC2)OC1=O. The number of hydrogen-bond donors (Lipinski definition) is 2. The van der Waals surface area contributed by atoms with E-state index in [1.54, 1.807) is 0 Å². The van der Waals surface area contributed by atoms with Crippen LogP contribution in [0.3, 0.4) is 0 Å². The summed E-state index contributed by atoms with van der Waals surface area (Å²) in [5.41, 5.74) is -0.564. The van der Waals surface area contributed by atoms with Crippen molar-refractivity contribution in [3.63, 3.8) is 0 Å². The first-order valence-corrected chi connectivity index (χ1v) is 5.39. The second kappa shape index (κ2) is 3.93. The lowest BCUT2D eigenvalue weighted by molar-refractivity contribution is -0.137. The highest BCUT2D eigenvalue weighted by atomic mass is 16.6. The maximum Gasteiger partial charge on any atom is 0.411 e. The van der Waals surface area contributed by atoms with E-state index in [2.05, 4.69) is 0 Å². The Morgan fingerprint density at radius 1 is 1.50 bits per heavy atom. The molecule has 1 aliphatic heterocycles. The number of amides is 1. The van der Waals surface area contributed by atoms with Gasteiger partial charge in [-0.05, 0) is 25.7 Å². The summed E-state index contributed by atoms with van der Waals surface area (Å²) in [6.07, 6.45) is 1.55. The Kier molecular flexibility index (Phi) is 2.75. The molecule has 0 atom stereocenters. The Balaban J connectivity index is 1.99. The average Bonchev–Trinajstić information content (AvgIpc) is 2.49. The van der Waals surface area contributed by atoms with Crippen LogP contribution in [0.1, 0.15) is 25.7 Å². The van der Waals surface area contributed by atoms with Crippen LogP contribution < -0.4 is 0 Å². The standard InChI is InChI=1S/C10H15NO5/c12-7-1-3-10(4-2-7)6-11(5-8(13)14)9(15)16-10/h7,12H,1-6H2,(H,13,14). The zero-order valence-electron chi connectivity index (χ0n) is 8.89. The van der Waals surface area contributed by atoms with E-state index in [4.69, 9.17) is 9.84 Å². The molecule has 2 fully saturated rings. The quantitative estimate of drug-likeness (QED) is 0.706. The molecule has 1 amide bonds. The summed E-state index contributed by atoms with van der Waals surface area (Å²) in [7, 11) is 0. The van der Waals surface area contributed by atoms with Gasteiger partial charge in [0.25, 0.3) is 0 Å². The van der Waals surface area contributed by atoms with Gasteiger partial charge in [0.05, 0.1) is 12.6 Å². The van der Waals surface area contributed by atoms with Crippen LogP contribution in [0.5, 0.6) is 0 Å². The van der Waals surface area contributed by atoms with Crippen LogP contribution in [0, 0.1) is 0 Å².